The van der Waals surface area contributed by atoms with Crippen molar-refractivity contribution < 1.29 is 24.2 Å². The van der Waals surface area contributed by atoms with E-state index in [0.717, 1.165) is 32.2 Å². The van der Waals surface area contributed by atoms with Crippen molar-refractivity contribution in [3.63, 3.8) is 0 Å². The molecular weight excluding hydrogens is 498 g/mol. The van der Waals surface area contributed by atoms with E-state index < -0.39 is 18.0 Å². The summed E-state index contributed by atoms with van der Waals surface area (Å²) in [5, 5.41) is 9.77. The first-order valence-electron chi connectivity index (χ1n) is 12.5. The van der Waals surface area contributed by atoms with E-state index in [9.17, 15) is 9.59 Å². The van der Waals surface area contributed by atoms with Crippen LogP contribution in [0.1, 0.15) is 44.7 Å². The third-order valence-corrected chi connectivity index (χ3v) is 7.34. The van der Waals surface area contributed by atoms with Crippen LogP contribution in [0.25, 0.3) is 26.6 Å². The third-order valence-electron chi connectivity index (χ3n) is 6.17. The number of carbonyl (C=O) groups excluding carboxylic acids is 1. The monoisotopic (exact) mass is 529 g/mol. The van der Waals surface area contributed by atoms with Gasteiger partial charge in [0.15, 0.2) is 5.75 Å². The van der Waals surface area contributed by atoms with Crippen LogP contribution in [0.3, 0.4) is 0 Å². The Balaban J connectivity index is 1.77. The minimum absolute atomic E-state index is 0.0295. The highest BCUT2D eigenvalue weighted by Gasteiger charge is 2.22. The van der Waals surface area contributed by atoms with E-state index in [1.54, 1.807) is 29.5 Å². The molecule has 3 N–H and O–H groups in total. The lowest BCUT2D eigenvalue weighted by Gasteiger charge is -2.14. The maximum absolute atomic E-state index is 12.4. The highest BCUT2D eigenvalue weighted by atomic mass is 32.1. The number of benzene rings is 3. The zero-order valence-electron chi connectivity index (χ0n) is 21.8. The second kappa shape index (κ2) is 11.6. The fourth-order valence-electron chi connectivity index (χ4n) is 3.99. The number of ether oxygens (including phenoxy) is 2. The van der Waals surface area contributed by atoms with Gasteiger partial charge in [0.25, 0.3) is 0 Å². The molecule has 1 aromatic heterocycles. The van der Waals surface area contributed by atoms with Gasteiger partial charge < -0.3 is 20.3 Å². The fourth-order valence-corrected chi connectivity index (χ4v) is 5.20. The molecule has 4 rings (SSSR count). The van der Waals surface area contributed by atoms with Crippen LogP contribution in [0, 0.1) is 5.92 Å². The molecule has 0 saturated carbocycles. The Kier molecular flexibility index (Phi) is 8.29. The van der Waals surface area contributed by atoms with Gasteiger partial charge in [-0.1, -0.05) is 64.1 Å². The van der Waals surface area contributed by atoms with E-state index in [2.05, 4.69) is 26.0 Å². The van der Waals surface area contributed by atoms with Crippen molar-refractivity contribution in [2.24, 2.45) is 11.7 Å². The lowest BCUT2D eigenvalue weighted by molar-refractivity contribution is -0.137. The molecule has 0 spiro atoms. The van der Waals surface area contributed by atoms with Crippen molar-refractivity contribution in [3.8, 4) is 27.7 Å². The van der Waals surface area contributed by atoms with Gasteiger partial charge >= 0.3 is 11.9 Å². The number of aliphatic carboxylic acids is 1. The van der Waals surface area contributed by atoms with Crippen molar-refractivity contribution >= 4 is 39.4 Å². The predicted molar refractivity (Wildman–Crippen MR) is 153 cm³/mol. The van der Waals surface area contributed by atoms with Crippen LogP contribution in [0.2, 0.25) is 0 Å². The summed E-state index contributed by atoms with van der Waals surface area (Å²) in [6, 6.07) is 20.3. The molecule has 0 radical (unpaired) electrons. The Morgan fingerprint density at radius 3 is 2.29 bits per heavy atom. The lowest BCUT2D eigenvalue weighted by atomic mass is 9.96. The third kappa shape index (κ3) is 6.13. The number of rotatable bonds is 9. The van der Waals surface area contributed by atoms with Crippen LogP contribution in [0.4, 0.5) is 0 Å². The predicted octanol–water partition coefficient (Wildman–Crippen LogP) is 7.47. The van der Waals surface area contributed by atoms with E-state index >= 15 is 0 Å². The number of hydrogen-bond donors (Lipinski definition) is 2. The second-order valence-corrected chi connectivity index (χ2v) is 10.7. The molecule has 0 fully saturated rings. The average Bonchev–Trinajstić information content (AvgIpc) is 3.24. The quantitative estimate of drug-likeness (QED) is 0.133. The SMILES string of the molecule is CC(C)c1ccccc1-c1sc2cc(OC(=O)C(N)C(C)C)ccc2c1Oc1ccc(/C=C/C(=O)O)cc1. The summed E-state index contributed by atoms with van der Waals surface area (Å²) in [5.41, 5.74) is 9.02. The summed E-state index contributed by atoms with van der Waals surface area (Å²) < 4.78 is 13.0. The van der Waals surface area contributed by atoms with Crippen LogP contribution in [-0.4, -0.2) is 23.1 Å². The summed E-state index contributed by atoms with van der Waals surface area (Å²) in [7, 11) is 0. The summed E-state index contributed by atoms with van der Waals surface area (Å²) in [5.74, 6) is 0.582. The maximum atomic E-state index is 12.4. The molecule has 0 aliphatic carbocycles. The van der Waals surface area contributed by atoms with E-state index in [4.69, 9.17) is 20.3 Å². The highest BCUT2D eigenvalue weighted by Crippen LogP contribution is 2.48. The number of carbonyl (C=O) groups is 2. The molecule has 7 heteroatoms. The van der Waals surface area contributed by atoms with Crippen molar-refractivity contribution in [1.82, 2.24) is 0 Å². The lowest BCUT2D eigenvalue weighted by Crippen LogP contribution is -2.38. The molecule has 1 heterocycles. The van der Waals surface area contributed by atoms with Gasteiger partial charge in [-0.15, -0.1) is 11.3 Å². The molecule has 6 nitrogen and oxygen atoms in total. The second-order valence-electron chi connectivity index (χ2n) is 9.69. The Morgan fingerprint density at radius 1 is 0.947 bits per heavy atom. The Hall–Kier alpha value is -3.94. The molecule has 1 atom stereocenters. The number of esters is 1. The van der Waals surface area contributed by atoms with Gasteiger partial charge in [-0.25, -0.2) is 9.59 Å². The summed E-state index contributed by atoms with van der Waals surface area (Å²) in [4.78, 5) is 24.2. The first-order valence-corrected chi connectivity index (χ1v) is 13.3. The summed E-state index contributed by atoms with van der Waals surface area (Å²) in [6.07, 6.45) is 2.63. The van der Waals surface area contributed by atoms with Gasteiger partial charge in [0.2, 0.25) is 0 Å². The molecule has 0 aliphatic rings. The van der Waals surface area contributed by atoms with Crippen LogP contribution < -0.4 is 15.2 Å². The molecular formula is C31H31NO5S. The van der Waals surface area contributed by atoms with Crippen molar-refractivity contribution in [1.29, 1.82) is 0 Å². The Morgan fingerprint density at radius 2 is 1.63 bits per heavy atom. The molecule has 1 unspecified atom stereocenters. The molecule has 0 saturated heterocycles. The first kappa shape index (κ1) is 27.1. The molecule has 38 heavy (non-hydrogen) atoms. The molecule has 196 valence electrons. The van der Waals surface area contributed by atoms with E-state index in [1.807, 2.05) is 50.2 Å². The molecule has 0 aliphatic heterocycles. The number of nitrogens with two attached hydrogens (primary N) is 1. The van der Waals surface area contributed by atoms with E-state index in [0.29, 0.717) is 23.2 Å². The van der Waals surface area contributed by atoms with Gasteiger partial charge in [0.05, 0.1) is 4.88 Å². The molecule has 0 bridgehead atoms. The number of thiophene rings is 1. The minimum Gasteiger partial charge on any atom is -0.478 e. The topological polar surface area (TPSA) is 98.9 Å². The molecule has 4 aromatic rings. The Bertz CT molecular complexity index is 1480. The van der Waals surface area contributed by atoms with Gasteiger partial charge in [0, 0.05) is 16.2 Å². The standard InChI is InChI=1S/C31H31NO5S/c1-18(2)23-7-5-6-8-24(23)30-29(36-21-12-9-20(10-13-21)11-16-27(33)34)25-15-14-22(17-26(25)38-30)37-31(35)28(32)19(3)4/h5-19,28H,32H2,1-4H3,(H,33,34)/b16-11+. The number of carboxylic acids is 1. The van der Waals surface area contributed by atoms with Gasteiger partial charge in [-0.05, 0) is 64.9 Å². The number of fused-ring (bicyclic) bond motifs is 1. The highest BCUT2D eigenvalue weighted by molar-refractivity contribution is 7.22. The van der Waals surface area contributed by atoms with Crippen molar-refractivity contribution in [2.45, 2.75) is 39.7 Å². The van der Waals surface area contributed by atoms with Crippen LogP contribution >= 0.6 is 11.3 Å². The van der Waals surface area contributed by atoms with Crippen LogP contribution in [0.15, 0.2) is 72.8 Å². The van der Waals surface area contributed by atoms with E-state index in [1.165, 1.54) is 11.6 Å². The molecule has 0 amide bonds. The van der Waals surface area contributed by atoms with Crippen LogP contribution in [0.5, 0.6) is 17.2 Å². The zero-order valence-corrected chi connectivity index (χ0v) is 22.6. The number of carboxylic acid groups (broad SMARTS) is 1. The first-order chi connectivity index (χ1) is 18.1. The van der Waals surface area contributed by atoms with E-state index in [-0.39, 0.29) is 5.92 Å². The fraction of sp³-hybridized carbons (Fsp3) is 0.226. The van der Waals surface area contributed by atoms with Gasteiger partial charge in [-0.3, -0.25) is 0 Å². The Labute approximate surface area is 226 Å². The zero-order chi connectivity index (χ0) is 27.4. The minimum atomic E-state index is -1.00. The summed E-state index contributed by atoms with van der Waals surface area (Å²) in [6.45, 7) is 8.08. The maximum Gasteiger partial charge on any atom is 0.328 e. The number of hydrogen-bond acceptors (Lipinski definition) is 6. The normalized spacial score (nSPS) is 12.4. The van der Waals surface area contributed by atoms with Crippen molar-refractivity contribution in [3.05, 3.63) is 83.9 Å². The van der Waals surface area contributed by atoms with Crippen LogP contribution in [-0.2, 0) is 9.59 Å². The smallest absolute Gasteiger partial charge is 0.328 e. The van der Waals surface area contributed by atoms with Gasteiger partial charge in [-0.2, -0.15) is 0 Å². The average molecular weight is 530 g/mol. The largest absolute Gasteiger partial charge is 0.478 e. The molecule has 3 aromatic carbocycles. The van der Waals surface area contributed by atoms with Crippen molar-refractivity contribution in [2.75, 3.05) is 0 Å². The summed E-state index contributed by atoms with van der Waals surface area (Å²) >= 11 is 1.57. The van der Waals surface area contributed by atoms with Gasteiger partial charge in [0.1, 0.15) is 17.5 Å².